The highest BCUT2D eigenvalue weighted by Gasteiger charge is 2.04. The van der Waals surface area contributed by atoms with Gasteiger partial charge in [-0.2, -0.15) is 0 Å². The largest absolute Gasteiger partial charge is 0.325 e. The van der Waals surface area contributed by atoms with Crippen molar-refractivity contribution in [1.82, 2.24) is 4.57 Å². The molecule has 0 N–H and O–H groups in total. The zero-order valence-electron chi connectivity index (χ0n) is 10.6. The van der Waals surface area contributed by atoms with Crippen molar-refractivity contribution in [3.05, 3.63) is 36.4 Å². The molecular weight excluding hydrogens is 210 g/mol. The SMILES string of the molecule is C=Cc1cccc([SiH2]N(CCC)CCC)c1. The minimum Gasteiger partial charge on any atom is -0.325 e. The van der Waals surface area contributed by atoms with E-state index in [1.54, 1.807) is 0 Å². The summed E-state index contributed by atoms with van der Waals surface area (Å²) in [5, 5.41) is 1.53. The van der Waals surface area contributed by atoms with Crippen molar-refractivity contribution in [2.75, 3.05) is 13.1 Å². The van der Waals surface area contributed by atoms with E-state index in [-0.39, 0.29) is 9.68 Å². The van der Waals surface area contributed by atoms with E-state index in [0.717, 1.165) is 0 Å². The molecule has 1 nitrogen and oxygen atoms in total. The fourth-order valence-electron chi connectivity index (χ4n) is 1.98. The zero-order chi connectivity index (χ0) is 11.8. The van der Waals surface area contributed by atoms with E-state index in [1.807, 2.05) is 6.08 Å². The Labute approximate surface area is 102 Å². The Morgan fingerprint density at radius 1 is 1.25 bits per heavy atom. The minimum absolute atomic E-state index is 0.265. The summed E-state index contributed by atoms with van der Waals surface area (Å²) in [5.41, 5.74) is 1.25. The molecule has 0 heterocycles. The fourth-order valence-corrected chi connectivity index (χ4v) is 4.01. The van der Waals surface area contributed by atoms with Crippen LogP contribution in [0, 0.1) is 0 Å². The number of hydrogen-bond acceptors (Lipinski definition) is 1. The van der Waals surface area contributed by atoms with E-state index in [0.29, 0.717) is 0 Å². The highest BCUT2D eigenvalue weighted by molar-refractivity contribution is 6.50. The van der Waals surface area contributed by atoms with Gasteiger partial charge in [0.05, 0.1) is 0 Å². The van der Waals surface area contributed by atoms with Crippen LogP contribution in [-0.4, -0.2) is 27.3 Å². The third kappa shape index (κ3) is 4.33. The molecule has 0 unspecified atom stereocenters. The molecule has 1 aromatic rings. The highest BCUT2D eigenvalue weighted by atomic mass is 28.2. The Bertz CT molecular complexity index is 316. The van der Waals surface area contributed by atoms with E-state index in [4.69, 9.17) is 0 Å². The van der Waals surface area contributed by atoms with Gasteiger partial charge in [0.25, 0.3) is 0 Å². The Hall–Kier alpha value is -0.863. The lowest BCUT2D eigenvalue weighted by molar-refractivity contribution is 0.445. The lowest BCUT2D eigenvalue weighted by Gasteiger charge is -2.20. The van der Waals surface area contributed by atoms with Gasteiger partial charge in [0.1, 0.15) is 9.68 Å². The van der Waals surface area contributed by atoms with Crippen LogP contribution in [0.4, 0.5) is 0 Å². The summed E-state index contributed by atoms with van der Waals surface area (Å²) in [6.07, 6.45) is 4.45. The lowest BCUT2D eigenvalue weighted by Crippen LogP contribution is -2.37. The molecule has 0 aliphatic rings. The molecule has 0 bridgehead atoms. The molecule has 1 rings (SSSR count). The van der Waals surface area contributed by atoms with Gasteiger partial charge < -0.3 is 4.57 Å². The van der Waals surface area contributed by atoms with Crippen molar-refractivity contribution >= 4 is 20.9 Å². The summed E-state index contributed by atoms with van der Waals surface area (Å²) in [5.74, 6) is 0. The molecule has 88 valence electrons. The predicted molar refractivity (Wildman–Crippen MR) is 76.9 cm³/mol. The smallest absolute Gasteiger partial charge is 0.127 e. The average molecular weight is 233 g/mol. The van der Waals surface area contributed by atoms with Gasteiger partial charge in [0, 0.05) is 0 Å². The normalized spacial score (nSPS) is 11.4. The number of nitrogens with zero attached hydrogens (tertiary/aromatic N) is 1. The van der Waals surface area contributed by atoms with Crippen LogP contribution in [0.5, 0.6) is 0 Å². The monoisotopic (exact) mass is 233 g/mol. The number of benzene rings is 1. The van der Waals surface area contributed by atoms with Gasteiger partial charge in [-0.1, -0.05) is 50.8 Å². The maximum Gasteiger partial charge on any atom is 0.127 e. The van der Waals surface area contributed by atoms with Gasteiger partial charge in [-0.3, -0.25) is 0 Å². The van der Waals surface area contributed by atoms with Crippen LogP contribution < -0.4 is 5.19 Å². The molecule has 2 heteroatoms. The van der Waals surface area contributed by atoms with Crippen LogP contribution in [0.3, 0.4) is 0 Å². The summed E-state index contributed by atoms with van der Waals surface area (Å²) >= 11 is 0. The molecule has 16 heavy (non-hydrogen) atoms. The van der Waals surface area contributed by atoms with Gasteiger partial charge in [-0.25, -0.2) is 0 Å². The predicted octanol–water partition coefficient (Wildman–Crippen LogP) is 2.16. The second-order valence-electron chi connectivity index (χ2n) is 4.23. The van der Waals surface area contributed by atoms with Gasteiger partial charge in [-0.15, -0.1) is 0 Å². The maximum absolute atomic E-state index is 3.83. The molecular formula is C14H23NSi. The van der Waals surface area contributed by atoms with Crippen molar-refractivity contribution in [3.8, 4) is 0 Å². The van der Waals surface area contributed by atoms with Crippen LogP contribution in [-0.2, 0) is 0 Å². The first-order valence-electron chi connectivity index (χ1n) is 6.23. The Kier molecular flexibility index (Phi) is 6.12. The molecule has 0 aromatic heterocycles. The standard InChI is InChI=1S/C14H23NSi/c1-4-10-15(11-5-2)16-14-9-7-8-13(6-3)12-14/h6-9,12H,3-5,10-11,16H2,1-2H3. The van der Waals surface area contributed by atoms with Gasteiger partial charge >= 0.3 is 0 Å². The van der Waals surface area contributed by atoms with E-state index in [2.05, 4.69) is 49.3 Å². The van der Waals surface area contributed by atoms with Gasteiger partial charge in [0.2, 0.25) is 0 Å². The van der Waals surface area contributed by atoms with Crippen molar-refractivity contribution in [3.63, 3.8) is 0 Å². The first-order valence-corrected chi connectivity index (χ1v) is 7.57. The average Bonchev–Trinajstić information content (AvgIpc) is 2.30. The summed E-state index contributed by atoms with van der Waals surface area (Å²) in [7, 11) is -0.265. The van der Waals surface area contributed by atoms with E-state index in [9.17, 15) is 0 Å². The first-order chi connectivity index (χ1) is 7.80. The molecule has 0 aliphatic heterocycles. The summed E-state index contributed by atoms with van der Waals surface area (Å²) in [6.45, 7) is 10.8. The Balaban J connectivity index is 2.64. The molecule has 0 atom stereocenters. The third-order valence-corrected chi connectivity index (χ3v) is 4.56. The third-order valence-electron chi connectivity index (χ3n) is 2.67. The molecule has 0 amide bonds. The van der Waals surface area contributed by atoms with Crippen molar-refractivity contribution in [2.45, 2.75) is 26.7 Å². The van der Waals surface area contributed by atoms with Crippen molar-refractivity contribution in [2.24, 2.45) is 0 Å². The molecule has 0 radical (unpaired) electrons. The topological polar surface area (TPSA) is 3.24 Å². The molecule has 0 saturated carbocycles. The summed E-state index contributed by atoms with van der Waals surface area (Å²) in [4.78, 5) is 0. The van der Waals surface area contributed by atoms with Gasteiger partial charge in [0.15, 0.2) is 0 Å². The molecule has 0 spiro atoms. The van der Waals surface area contributed by atoms with Crippen LogP contribution >= 0.6 is 0 Å². The van der Waals surface area contributed by atoms with Crippen LogP contribution in [0.2, 0.25) is 0 Å². The Morgan fingerprint density at radius 2 is 1.94 bits per heavy atom. The minimum atomic E-state index is -0.265. The second kappa shape index (κ2) is 7.42. The number of rotatable bonds is 7. The quantitative estimate of drug-likeness (QED) is 0.652. The van der Waals surface area contributed by atoms with Crippen molar-refractivity contribution in [1.29, 1.82) is 0 Å². The summed E-state index contributed by atoms with van der Waals surface area (Å²) in [6, 6.07) is 8.82. The zero-order valence-corrected chi connectivity index (χ0v) is 12.0. The van der Waals surface area contributed by atoms with Crippen molar-refractivity contribution < 1.29 is 0 Å². The molecule has 0 saturated heterocycles. The summed E-state index contributed by atoms with van der Waals surface area (Å²) < 4.78 is 2.65. The molecule has 0 aliphatic carbocycles. The van der Waals surface area contributed by atoms with Gasteiger partial charge in [-0.05, 0) is 36.7 Å². The Morgan fingerprint density at radius 3 is 2.50 bits per heavy atom. The van der Waals surface area contributed by atoms with Crippen LogP contribution in [0.25, 0.3) is 6.08 Å². The second-order valence-corrected chi connectivity index (χ2v) is 6.25. The number of hydrogen-bond donors (Lipinski definition) is 0. The van der Waals surface area contributed by atoms with E-state index < -0.39 is 0 Å². The highest BCUT2D eigenvalue weighted by Crippen LogP contribution is 1.99. The lowest BCUT2D eigenvalue weighted by atomic mass is 10.2. The van der Waals surface area contributed by atoms with E-state index >= 15 is 0 Å². The first kappa shape index (κ1) is 13.2. The molecule has 0 fully saturated rings. The maximum atomic E-state index is 3.83. The fraction of sp³-hybridized carbons (Fsp3) is 0.429. The molecule has 1 aromatic carbocycles. The van der Waals surface area contributed by atoms with Crippen LogP contribution in [0.1, 0.15) is 32.3 Å². The van der Waals surface area contributed by atoms with Crippen LogP contribution in [0.15, 0.2) is 30.8 Å². The van der Waals surface area contributed by atoms with E-state index in [1.165, 1.54) is 36.7 Å².